The maximum absolute atomic E-state index is 14.2. The summed E-state index contributed by atoms with van der Waals surface area (Å²) in [5, 5.41) is 3.12. The van der Waals surface area contributed by atoms with Crippen LogP contribution in [0.15, 0.2) is 36.8 Å². The summed E-state index contributed by atoms with van der Waals surface area (Å²) in [5.41, 5.74) is 5.02. The molecule has 0 saturated heterocycles. The minimum absolute atomic E-state index is 0.00212. The predicted octanol–water partition coefficient (Wildman–Crippen LogP) is 5.10. The predicted molar refractivity (Wildman–Crippen MR) is 145 cm³/mol. The molecule has 3 aromatic rings. The molecule has 1 fully saturated rings. The monoisotopic (exact) mass is 514 g/mol. The van der Waals surface area contributed by atoms with Gasteiger partial charge < -0.3 is 24.3 Å². The van der Waals surface area contributed by atoms with E-state index in [9.17, 15) is 4.79 Å². The summed E-state index contributed by atoms with van der Waals surface area (Å²) < 4.78 is 13.4. The standard InChI is InChI=1S/C29H34N6O3/c1-6-38-25-14-23(33-15-24(25)30-3)19(2)35-18-29(8-7-9-29)26-21(17-37-5)12-20(13-22(26)27(35)36)16-34-11-10-32-28(34)31-4/h10-15,19H,6-9,16-18H2,1-2,4-5H3,(H,31,32)/t19-/m0/s1. The molecule has 1 aliphatic carbocycles. The van der Waals surface area contributed by atoms with Gasteiger partial charge in [-0.25, -0.2) is 9.83 Å². The number of nitrogens with one attached hydrogen (secondary N) is 1. The third-order valence-electron chi connectivity index (χ3n) is 7.86. The maximum Gasteiger partial charge on any atom is 0.254 e. The van der Waals surface area contributed by atoms with Crippen molar-refractivity contribution in [2.75, 3.05) is 32.6 Å². The molecule has 0 unspecified atom stereocenters. The van der Waals surface area contributed by atoms with Crippen LogP contribution >= 0.6 is 0 Å². The molecule has 38 heavy (non-hydrogen) atoms. The van der Waals surface area contributed by atoms with Gasteiger partial charge in [0.1, 0.15) is 5.75 Å². The minimum Gasteiger partial charge on any atom is -0.505 e. The number of pyridine rings is 1. The summed E-state index contributed by atoms with van der Waals surface area (Å²) in [7, 11) is 3.55. The van der Waals surface area contributed by atoms with E-state index in [0.717, 1.165) is 53.2 Å². The largest absolute Gasteiger partial charge is 0.505 e. The van der Waals surface area contributed by atoms with Crippen LogP contribution in [0.4, 0.5) is 11.6 Å². The lowest BCUT2D eigenvalue weighted by molar-refractivity contribution is 0.0478. The maximum atomic E-state index is 14.2. The summed E-state index contributed by atoms with van der Waals surface area (Å²) in [5.74, 6) is 1.28. The topological polar surface area (TPSA) is 85.9 Å². The van der Waals surface area contributed by atoms with Gasteiger partial charge in [0.05, 0.1) is 38.1 Å². The molecule has 1 aliphatic heterocycles. The minimum atomic E-state index is -0.272. The van der Waals surface area contributed by atoms with Crippen molar-refractivity contribution in [2.24, 2.45) is 0 Å². The first-order valence-corrected chi connectivity index (χ1v) is 13.1. The average molecular weight is 515 g/mol. The second-order valence-corrected chi connectivity index (χ2v) is 10.1. The van der Waals surface area contributed by atoms with Gasteiger partial charge in [-0.2, -0.15) is 0 Å². The second kappa shape index (κ2) is 10.5. The van der Waals surface area contributed by atoms with E-state index < -0.39 is 0 Å². The van der Waals surface area contributed by atoms with Crippen molar-refractivity contribution < 1.29 is 14.3 Å². The number of carbonyl (C=O) groups is 1. The van der Waals surface area contributed by atoms with E-state index in [1.165, 1.54) is 0 Å². The van der Waals surface area contributed by atoms with Gasteiger partial charge in [0.25, 0.3) is 5.91 Å². The van der Waals surface area contributed by atoms with Crippen LogP contribution in [0.5, 0.6) is 5.75 Å². The quantitative estimate of drug-likeness (QED) is 0.400. The van der Waals surface area contributed by atoms with Crippen LogP contribution in [-0.4, -0.2) is 52.7 Å². The van der Waals surface area contributed by atoms with Crippen LogP contribution in [0.1, 0.15) is 71.9 Å². The van der Waals surface area contributed by atoms with Crippen LogP contribution in [0, 0.1) is 6.57 Å². The lowest BCUT2D eigenvalue weighted by Gasteiger charge is -2.52. The highest BCUT2D eigenvalue weighted by Crippen LogP contribution is 2.51. The molecule has 198 valence electrons. The fourth-order valence-corrected chi connectivity index (χ4v) is 5.93. The first-order chi connectivity index (χ1) is 18.4. The number of aromatic nitrogens is 3. The fraction of sp³-hybridized carbons (Fsp3) is 0.448. The second-order valence-electron chi connectivity index (χ2n) is 10.1. The Morgan fingerprint density at radius 1 is 1.26 bits per heavy atom. The van der Waals surface area contributed by atoms with Gasteiger partial charge in [0, 0.05) is 50.3 Å². The third-order valence-corrected chi connectivity index (χ3v) is 7.86. The van der Waals surface area contributed by atoms with Gasteiger partial charge in [0.15, 0.2) is 0 Å². The van der Waals surface area contributed by atoms with E-state index in [-0.39, 0.29) is 17.4 Å². The molecule has 1 N–H and O–H groups in total. The number of imidazole rings is 1. The number of carbonyl (C=O) groups excluding carboxylic acids is 1. The average Bonchev–Trinajstić information content (AvgIpc) is 3.35. The first kappa shape index (κ1) is 25.7. The summed E-state index contributed by atoms with van der Waals surface area (Å²) in [4.78, 5) is 28.6. The molecule has 2 aliphatic rings. The SMILES string of the molecule is [C-]#[N+]c1cnc([C@H](C)N2CC3(CCC3)c3c(COC)cc(Cn4ccnc4NC)cc3C2=O)cc1OCC. The van der Waals surface area contributed by atoms with E-state index in [0.29, 0.717) is 37.7 Å². The number of benzene rings is 1. The molecule has 1 atom stereocenters. The zero-order valence-corrected chi connectivity index (χ0v) is 22.5. The lowest BCUT2D eigenvalue weighted by atomic mass is 9.60. The summed E-state index contributed by atoms with van der Waals surface area (Å²) >= 11 is 0. The van der Waals surface area contributed by atoms with Crippen molar-refractivity contribution in [2.45, 2.75) is 57.7 Å². The number of rotatable bonds is 9. The Morgan fingerprint density at radius 3 is 2.74 bits per heavy atom. The van der Waals surface area contributed by atoms with Gasteiger partial charge in [-0.3, -0.25) is 9.78 Å². The first-order valence-electron chi connectivity index (χ1n) is 13.1. The molecular weight excluding hydrogens is 480 g/mol. The molecule has 1 amide bonds. The van der Waals surface area contributed by atoms with Crippen LogP contribution in [0.25, 0.3) is 4.85 Å². The number of amides is 1. The summed E-state index contributed by atoms with van der Waals surface area (Å²) in [6, 6.07) is 5.78. The highest BCUT2D eigenvalue weighted by molar-refractivity contribution is 5.98. The Morgan fingerprint density at radius 2 is 2.08 bits per heavy atom. The third kappa shape index (κ3) is 4.39. The normalized spacial score (nSPS) is 16.5. The van der Waals surface area contributed by atoms with E-state index in [2.05, 4.69) is 32.3 Å². The Hall–Kier alpha value is -3.90. The number of methoxy groups -OCH3 is 1. The van der Waals surface area contributed by atoms with Crippen molar-refractivity contribution in [1.29, 1.82) is 0 Å². The number of hydrogen-bond donors (Lipinski definition) is 1. The Labute approximate surface area is 223 Å². The van der Waals surface area contributed by atoms with E-state index in [4.69, 9.17) is 16.0 Å². The van der Waals surface area contributed by atoms with Crippen LogP contribution < -0.4 is 10.1 Å². The molecule has 1 saturated carbocycles. The molecular formula is C29H34N6O3. The molecule has 2 aromatic heterocycles. The molecule has 3 heterocycles. The highest BCUT2D eigenvalue weighted by Gasteiger charge is 2.49. The summed E-state index contributed by atoms with van der Waals surface area (Å²) in [6.45, 7) is 13.5. The van der Waals surface area contributed by atoms with Crippen molar-refractivity contribution in [1.82, 2.24) is 19.4 Å². The number of anilines is 1. The molecule has 5 rings (SSSR count). The van der Waals surface area contributed by atoms with Crippen molar-refractivity contribution in [3.63, 3.8) is 0 Å². The van der Waals surface area contributed by atoms with Gasteiger partial charge in [-0.1, -0.05) is 12.5 Å². The van der Waals surface area contributed by atoms with Crippen LogP contribution in [-0.2, 0) is 23.3 Å². The Balaban J connectivity index is 1.57. The lowest BCUT2D eigenvalue weighted by Crippen LogP contribution is -2.54. The Bertz CT molecular complexity index is 1390. The fourth-order valence-electron chi connectivity index (χ4n) is 5.93. The van der Waals surface area contributed by atoms with Crippen LogP contribution in [0.3, 0.4) is 0 Å². The zero-order chi connectivity index (χ0) is 26.9. The van der Waals surface area contributed by atoms with E-state index >= 15 is 0 Å². The number of fused-ring (bicyclic) bond motifs is 2. The molecule has 1 spiro atoms. The van der Waals surface area contributed by atoms with Gasteiger partial charge in [0.2, 0.25) is 11.6 Å². The molecule has 9 nitrogen and oxygen atoms in total. The van der Waals surface area contributed by atoms with Gasteiger partial charge >= 0.3 is 0 Å². The van der Waals surface area contributed by atoms with E-state index in [1.54, 1.807) is 19.5 Å². The zero-order valence-electron chi connectivity index (χ0n) is 22.5. The smallest absolute Gasteiger partial charge is 0.254 e. The van der Waals surface area contributed by atoms with E-state index in [1.807, 2.05) is 42.6 Å². The number of nitrogens with zero attached hydrogens (tertiary/aromatic N) is 5. The highest BCUT2D eigenvalue weighted by atomic mass is 16.5. The molecule has 0 bridgehead atoms. The molecule has 9 heteroatoms. The Kier molecular flexibility index (Phi) is 7.09. The summed E-state index contributed by atoms with van der Waals surface area (Å²) in [6.07, 6.45) is 8.44. The van der Waals surface area contributed by atoms with Crippen molar-refractivity contribution >= 4 is 17.5 Å². The molecule has 0 radical (unpaired) electrons. The van der Waals surface area contributed by atoms with Crippen LogP contribution in [0.2, 0.25) is 0 Å². The van der Waals surface area contributed by atoms with Crippen molar-refractivity contribution in [3.8, 4) is 5.75 Å². The van der Waals surface area contributed by atoms with Gasteiger partial charge in [-0.05, 0) is 55.5 Å². The number of hydrogen-bond acceptors (Lipinski definition) is 6. The number of ether oxygens (including phenoxy) is 2. The van der Waals surface area contributed by atoms with Gasteiger partial charge in [-0.15, -0.1) is 0 Å². The van der Waals surface area contributed by atoms with Crippen molar-refractivity contribution in [3.05, 3.63) is 76.2 Å². The molecule has 1 aromatic carbocycles.